The zero-order chi connectivity index (χ0) is 47.9. The van der Waals surface area contributed by atoms with Gasteiger partial charge in [-0.25, -0.2) is 0 Å². The first-order chi connectivity index (χ1) is 32.5. The van der Waals surface area contributed by atoms with E-state index in [1.165, 1.54) is 218 Å². The van der Waals surface area contributed by atoms with Crippen LogP contribution >= 0.6 is 0 Å². The van der Waals surface area contributed by atoms with E-state index in [2.05, 4.69) is 45.1 Å². The van der Waals surface area contributed by atoms with Crippen molar-refractivity contribution >= 4 is 17.9 Å². The lowest BCUT2D eigenvalue weighted by molar-refractivity contribution is -0.167. The SMILES string of the molecule is CCCCCCC/C=C\C/C=C\CCCCCCCCCCCCCC(=O)OCC(COC(=O)CCCCCCCCCCCCC)OC(=O)CCCCCCCCCCCCCCCC. The minimum Gasteiger partial charge on any atom is -0.462 e. The quantitative estimate of drug-likeness (QED) is 0.0262. The Hall–Kier alpha value is -2.11. The number of esters is 3. The van der Waals surface area contributed by atoms with Crippen LogP contribution in [0.1, 0.15) is 323 Å². The Balaban J connectivity index is 4.22. The first-order valence-corrected chi connectivity index (χ1v) is 29.3. The molecule has 0 fully saturated rings. The number of hydrogen-bond donors (Lipinski definition) is 0. The molecule has 0 spiro atoms. The topological polar surface area (TPSA) is 78.9 Å². The van der Waals surface area contributed by atoms with Crippen molar-refractivity contribution in [1.29, 1.82) is 0 Å². The summed E-state index contributed by atoms with van der Waals surface area (Å²) in [6.45, 7) is 6.67. The highest BCUT2D eigenvalue weighted by Gasteiger charge is 2.19. The average Bonchev–Trinajstić information content (AvgIpc) is 3.31. The molecule has 0 aromatic heterocycles. The molecule has 6 heteroatoms. The molecule has 388 valence electrons. The molecular formula is C60H112O6. The average molecular weight is 930 g/mol. The van der Waals surface area contributed by atoms with Gasteiger partial charge in [-0.05, 0) is 51.4 Å². The highest BCUT2D eigenvalue weighted by molar-refractivity contribution is 5.71. The molecule has 0 rings (SSSR count). The molecule has 0 aliphatic carbocycles. The normalized spacial score (nSPS) is 12.1. The van der Waals surface area contributed by atoms with Gasteiger partial charge in [-0.2, -0.15) is 0 Å². The molecule has 0 bridgehead atoms. The van der Waals surface area contributed by atoms with Crippen LogP contribution in [0.2, 0.25) is 0 Å². The molecule has 1 atom stereocenters. The number of ether oxygens (including phenoxy) is 3. The van der Waals surface area contributed by atoms with E-state index in [9.17, 15) is 14.4 Å². The molecule has 0 N–H and O–H groups in total. The van der Waals surface area contributed by atoms with Crippen LogP contribution in [0.4, 0.5) is 0 Å². The number of hydrogen-bond acceptors (Lipinski definition) is 6. The Kier molecular flexibility index (Phi) is 53.7. The van der Waals surface area contributed by atoms with Gasteiger partial charge in [0.05, 0.1) is 0 Å². The number of carbonyl (C=O) groups is 3. The third kappa shape index (κ3) is 52.9. The van der Waals surface area contributed by atoms with E-state index < -0.39 is 6.10 Å². The van der Waals surface area contributed by atoms with E-state index in [1.807, 2.05) is 0 Å². The highest BCUT2D eigenvalue weighted by atomic mass is 16.6. The van der Waals surface area contributed by atoms with Gasteiger partial charge >= 0.3 is 17.9 Å². The fourth-order valence-corrected chi connectivity index (χ4v) is 8.77. The molecule has 0 saturated carbocycles. The van der Waals surface area contributed by atoms with Crippen LogP contribution in [0.15, 0.2) is 24.3 Å². The maximum atomic E-state index is 12.8. The summed E-state index contributed by atoms with van der Waals surface area (Å²) in [4.78, 5) is 38.1. The van der Waals surface area contributed by atoms with Gasteiger partial charge in [-0.1, -0.05) is 276 Å². The molecule has 0 aromatic rings. The summed E-state index contributed by atoms with van der Waals surface area (Å²) in [6, 6.07) is 0. The van der Waals surface area contributed by atoms with Gasteiger partial charge in [0, 0.05) is 19.3 Å². The Morgan fingerprint density at radius 3 is 0.833 bits per heavy atom. The minimum absolute atomic E-state index is 0.0661. The molecular weight excluding hydrogens is 817 g/mol. The van der Waals surface area contributed by atoms with Gasteiger partial charge in [0.1, 0.15) is 13.2 Å². The number of allylic oxidation sites excluding steroid dienone is 4. The first kappa shape index (κ1) is 63.9. The molecule has 0 aliphatic rings. The summed E-state index contributed by atoms with van der Waals surface area (Å²) in [7, 11) is 0. The standard InChI is InChI=1S/C60H112O6/c1-4-7-10-13-16-19-22-24-26-27-28-29-30-31-32-33-34-36-38-41-44-47-50-53-59(62)65-56-57(55-64-58(61)52-49-46-43-40-37-21-18-15-12-9-6-3)66-60(63)54-51-48-45-42-39-35-25-23-20-17-14-11-8-5-2/h22,24,27-28,57H,4-21,23,25-26,29-56H2,1-3H3/b24-22-,28-27-. The Morgan fingerprint density at radius 2 is 0.545 bits per heavy atom. The van der Waals surface area contributed by atoms with E-state index in [-0.39, 0.29) is 31.1 Å². The summed E-state index contributed by atoms with van der Waals surface area (Å²) >= 11 is 0. The van der Waals surface area contributed by atoms with Crippen LogP contribution in [0.25, 0.3) is 0 Å². The molecule has 0 saturated heterocycles. The lowest BCUT2D eigenvalue weighted by Crippen LogP contribution is -2.30. The van der Waals surface area contributed by atoms with Crippen molar-refractivity contribution in [3.05, 3.63) is 24.3 Å². The summed E-state index contributed by atoms with van der Waals surface area (Å²) in [5.74, 6) is -0.848. The summed E-state index contributed by atoms with van der Waals surface area (Å²) < 4.78 is 16.9. The van der Waals surface area contributed by atoms with Gasteiger partial charge in [0.2, 0.25) is 0 Å². The van der Waals surface area contributed by atoms with Gasteiger partial charge in [0.25, 0.3) is 0 Å². The van der Waals surface area contributed by atoms with Crippen LogP contribution in [0.3, 0.4) is 0 Å². The number of unbranched alkanes of at least 4 members (excludes halogenated alkanes) is 39. The third-order valence-corrected chi connectivity index (χ3v) is 13.2. The zero-order valence-electron chi connectivity index (χ0n) is 44.5. The van der Waals surface area contributed by atoms with Crippen molar-refractivity contribution in [2.45, 2.75) is 329 Å². The Bertz CT molecular complexity index is 1070. The maximum Gasteiger partial charge on any atom is 0.306 e. The van der Waals surface area contributed by atoms with E-state index >= 15 is 0 Å². The van der Waals surface area contributed by atoms with E-state index in [1.54, 1.807) is 0 Å². The molecule has 0 aliphatic heterocycles. The number of rotatable bonds is 54. The van der Waals surface area contributed by atoms with Crippen molar-refractivity contribution in [2.75, 3.05) is 13.2 Å². The second kappa shape index (κ2) is 55.5. The lowest BCUT2D eigenvalue weighted by Gasteiger charge is -2.18. The smallest absolute Gasteiger partial charge is 0.306 e. The molecule has 0 aromatic carbocycles. The fourth-order valence-electron chi connectivity index (χ4n) is 8.77. The Morgan fingerprint density at radius 1 is 0.303 bits per heavy atom. The predicted molar refractivity (Wildman–Crippen MR) is 284 cm³/mol. The van der Waals surface area contributed by atoms with E-state index in [0.29, 0.717) is 19.3 Å². The zero-order valence-corrected chi connectivity index (χ0v) is 44.5. The third-order valence-electron chi connectivity index (χ3n) is 13.2. The highest BCUT2D eigenvalue weighted by Crippen LogP contribution is 2.17. The van der Waals surface area contributed by atoms with Gasteiger partial charge in [0.15, 0.2) is 6.10 Å². The van der Waals surface area contributed by atoms with Crippen molar-refractivity contribution < 1.29 is 28.6 Å². The molecule has 66 heavy (non-hydrogen) atoms. The van der Waals surface area contributed by atoms with Crippen molar-refractivity contribution in [3.63, 3.8) is 0 Å². The lowest BCUT2D eigenvalue weighted by atomic mass is 10.0. The van der Waals surface area contributed by atoms with E-state index in [4.69, 9.17) is 14.2 Å². The van der Waals surface area contributed by atoms with E-state index in [0.717, 1.165) is 64.2 Å². The van der Waals surface area contributed by atoms with Crippen LogP contribution < -0.4 is 0 Å². The van der Waals surface area contributed by atoms with Crippen molar-refractivity contribution in [3.8, 4) is 0 Å². The molecule has 6 nitrogen and oxygen atoms in total. The van der Waals surface area contributed by atoms with Crippen LogP contribution in [-0.4, -0.2) is 37.2 Å². The monoisotopic (exact) mass is 929 g/mol. The maximum absolute atomic E-state index is 12.8. The van der Waals surface area contributed by atoms with Crippen molar-refractivity contribution in [2.24, 2.45) is 0 Å². The van der Waals surface area contributed by atoms with Gasteiger partial charge in [-0.15, -0.1) is 0 Å². The number of carbonyl (C=O) groups excluding carboxylic acids is 3. The van der Waals surface area contributed by atoms with Gasteiger partial charge < -0.3 is 14.2 Å². The van der Waals surface area contributed by atoms with Gasteiger partial charge in [-0.3, -0.25) is 14.4 Å². The molecule has 0 heterocycles. The molecule has 0 amide bonds. The second-order valence-corrected chi connectivity index (χ2v) is 19.9. The van der Waals surface area contributed by atoms with Crippen molar-refractivity contribution in [1.82, 2.24) is 0 Å². The minimum atomic E-state index is -0.766. The summed E-state index contributed by atoms with van der Waals surface area (Å²) in [5, 5.41) is 0. The van der Waals surface area contributed by atoms with Crippen LogP contribution in [0.5, 0.6) is 0 Å². The van der Waals surface area contributed by atoms with Crippen LogP contribution in [0, 0.1) is 0 Å². The van der Waals surface area contributed by atoms with Crippen LogP contribution in [-0.2, 0) is 28.6 Å². The second-order valence-electron chi connectivity index (χ2n) is 19.9. The summed E-state index contributed by atoms with van der Waals surface area (Å²) in [5.41, 5.74) is 0. The molecule has 0 radical (unpaired) electrons. The Labute approximate surface area is 411 Å². The largest absolute Gasteiger partial charge is 0.462 e. The molecule has 1 unspecified atom stereocenters. The first-order valence-electron chi connectivity index (χ1n) is 29.3. The fraction of sp³-hybridized carbons (Fsp3) is 0.883. The summed E-state index contributed by atoms with van der Waals surface area (Å²) in [6.07, 6.45) is 64.6. The predicted octanol–water partition coefficient (Wildman–Crippen LogP) is 19.5.